The van der Waals surface area contributed by atoms with E-state index in [1.54, 1.807) is 29.4 Å². The molecule has 1 amide bonds. The molecule has 8 heteroatoms. The van der Waals surface area contributed by atoms with Crippen molar-refractivity contribution in [3.63, 3.8) is 0 Å². The van der Waals surface area contributed by atoms with Crippen molar-refractivity contribution in [1.82, 2.24) is 15.1 Å². The molecule has 1 unspecified atom stereocenters. The lowest BCUT2D eigenvalue weighted by atomic mass is 9.95. The number of fused-ring (bicyclic) bond motifs is 1. The monoisotopic (exact) mass is 463 g/mol. The summed E-state index contributed by atoms with van der Waals surface area (Å²) < 4.78 is 11.1. The number of aromatic nitrogens is 2. The topological polar surface area (TPSA) is 91.6 Å². The van der Waals surface area contributed by atoms with E-state index >= 15 is 0 Å². The minimum Gasteiger partial charge on any atom is -0.507 e. The molecule has 7 nitrogen and oxygen atoms in total. The van der Waals surface area contributed by atoms with E-state index in [0.717, 1.165) is 16.9 Å². The smallest absolute Gasteiger partial charge is 0.273 e. The lowest BCUT2D eigenvalue weighted by Gasteiger charge is -2.26. The highest BCUT2D eigenvalue weighted by atomic mass is 35.5. The predicted octanol–water partition coefficient (Wildman–Crippen LogP) is 5.48. The maximum absolute atomic E-state index is 13.4. The van der Waals surface area contributed by atoms with Gasteiger partial charge in [-0.05, 0) is 61.4 Å². The summed E-state index contributed by atoms with van der Waals surface area (Å²) in [6.07, 6.45) is 1.58. The van der Waals surface area contributed by atoms with Crippen molar-refractivity contribution < 1.29 is 19.1 Å². The molecule has 0 saturated heterocycles. The number of ether oxygens (including phenoxy) is 1. The number of rotatable bonds is 6. The van der Waals surface area contributed by atoms with E-state index in [1.165, 1.54) is 0 Å². The van der Waals surface area contributed by atoms with Crippen LogP contribution in [0.1, 0.15) is 45.9 Å². The number of aryl methyl sites for hydroxylation is 1. The summed E-state index contributed by atoms with van der Waals surface area (Å²) in [4.78, 5) is 15.2. The van der Waals surface area contributed by atoms with Gasteiger partial charge in [-0.15, -0.1) is 0 Å². The van der Waals surface area contributed by atoms with Crippen LogP contribution in [0.5, 0.6) is 11.5 Å². The molecular formula is C25H22ClN3O4. The van der Waals surface area contributed by atoms with Gasteiger partial charge in [0.25, 0.3) is 5.91 Å². The Kier molecular flexibility index (Phi) is 5.34. The number of amides is 1. The van der Waals surface area contributed by atoms with Crippen molar-refractivity contribution >= 4 is 17.5 Å². The average Bonchev–Trinajstić information content (AvgIpc) is 3.52. The van der Waals surface area contributed by atoms with E-state index < -0.39 is 6.04 Å². The number of halogens is 1. The summed E-state index contributed by atoms with van der Waals surface area (Å²) >= 11 is 6.35. The fraction of sp³-hybridized carbons (Fsp3) is 0.200. The minimum absolute atomic E-state index is 0.0496. The maximum atomic E-state index is 13.4. The molecule has 1 aliphatic rings. The van der Waals surface area contributed by atoms with Crippen LogP contribution in [-0.4, -0.2) is 32.7 Å². The molecule has 168 valence electrons. The molecule has 2 aromatic heterocycles. The highest BCUT2D eigenvalue weighted by Crippen LogP contribution is 2.46. The van der Waals surface area contributed by atoms with Gasteiger partial charge in [0.2, 0.25) is 0 Å². The Morgan fingerprint density at radius 3 is 2.73 bits per heavy atom. The molecule has 3 heterocycles. The highest BCUT2D eigenvalue weighted by Gasteiger charge is 2.43. The first kappa shape index (κ1) is 21.2. The molecule has 33 heavy (non-hydrogen) atoms. The normalized spacial score (nSPS) is 15.2. The molecule has 0 aliphatic carbocycles. The molecule has 0 bridgehead atoms. The summed E-state index contributed by atoms with van der Waals surface area (Å²) in [7, 11) is 0. The number of aromatic amines is 1. The second kappa shape index (κ2) is 8.33. The number of carbonyl (C=O) groups is 1. The zero-order chi connectivity index (χ0) is 23.1. The standard InChI is InChI=1S/C25H22ClN3O4/c1-3-32-16-8-6-15(7-9-16)24-21-22(18-12-19(26)14(2)11-20(18)30)27-28-23(21)25(31)29(24)13-17-5-4-10-33-17/h4-12,24,30H,3,13H2,1-2H3,(H,27,28). The average molecular weight is 464 g/mol. The largest absolute Gasteiger partial charge is 0.507 e. The number of phenolic OH excluding ortho intramolecular Hbond substituents is 1. The zero-order valence-electron chi connectivity index (χ0n) is 18.1. The molecular weight excluding hydrogens is 442 g/mol. The van der Waals surface area contributed by atoms with E-state index in [1.807, 2.05) is 44.2 Å². The summed E-state index contributed by atoms with van der Waals surface area (Å²) in [5, 5.41) is 18.5. The first-order chi connectivity index (χ1) is 16.0. The Bertz CT molecular complexity index is 1310. The van der Waals surface area contributed by atoms with Crippen LogP contribution in [0.15, 0.2) is 59.2 Å². The van der Waals surface area contributed by atoms with E-state index in [2.05, 4.69) is 10.2 Å². The molecule has 0 fully saturated rings. The predicted molar refractivity (Wildman–Crippen MR) is 123 cm³/mol. The summed E-state index contributed by atoms with van der Waals surface area (Å²) in [6.45, 7) is 4.59. The summed E-state index contributed by atoms with van der Waals surface area (Å²) in [5.74, 6) is 1.27. The molecule has 5 rings (SSSR count). The van der Waals surface area contributed by atoms with Crippen molar-refractivity contribution in [2.45, 2.75) is 26.4 Å². The lowest BCUT2D eigenvalue weighted by molar-refractivity contribution is 0.0717. The van der Waals surface area contributed by atoms with Gasteiger partial charge in [-0.25, -0.2) is 0 Å². The Morgan fingerprint density at radius 1 is 1.24 bits per heavy atom. The fourth-order valence-electron chi connectivity index (χ4n) is 4.25. The summed E-state index contributed by atoms with van der Waals surface area (Å²) in [6, 6.07) is 14.1. The first-order valence-electron chi connectivity index (χ1n) is 10.6. The molecule has 4 aromatic rings. The summed E-state index contributed by atoms with van der Waals surface area (Å²) in [5.41, 5.74) is 3.66. The van der Waals surface area contributed by atoms with Gasteiger partial charge in [-0.1, -0.05) is 23.7 Å². The quantitative estimate of drug-likeness (QED) is 0.395. The Hall–Kier alpha value is -3.71. The van der Waals surface area contributed by atoms with Crippen LogP contribution < -0.4 is 4.74 Å². The van der Waals surface area contributed by atoms with Gasteiger partial charge in [0, 0.05) is 16.1 Å². The fourth-order valence-corrected chi connectivity index (χ4v) is 4.41. The maximum Gasteiger partial charge on any atom is 0.273 e. The third-order valence-electron chi connectivity index (χ3n) is 5.81. The zero-order valence-corrected chi connectivity index (χ0v) is 18.9. The molecule has 0 spiro atoms. The Morgan fingerprint density at radius 2 is 2.03 bits per heavy atom. The van der Waals surface area contributed by atoms with Crippen LogP contribution in [0, 0.1) is 6.92 Å². The molecule has 1 atom stereocenters. The van der Waals surface area contributed by atoms with Gasteiger partial charge in [0.1, 0.15) is 28.6 Å². The Balaban J connectivity index is 1.65. The molecule has 1 aliphatic heterocycles. The van der Waals surface area contributed by atoms with Gasteiger partial charge >= 0.3 is 0 Å². The van der Waals surface area contributed by atoms with Crippen LogP contribution in [0.25, 0.3) is 11.3 Å². The Labute approximate surface area is 195 Å². The van der Waals surface area contributed by atoms with Gasteiger partial charge < -0.3 is 19.2 Å². The number of nitrogens with zero attached hydrogens (tertiary/aromatic N) is 2. The van der Waals surface area contributed by atoms with Crippen molar-refractivity contribution in [3.8, 4) is 22.8 Å². The van der Waals surface area contributed by atoms with Crippen LogP contribution in [0.4, 0.5) is 0 Å². The minimum atomic E-state index is -0.443. The number of hydrogen-bond acceptors (Lipinski definition) is 5. The third-order valence-corrected chi connectivity index (χ3v) is 6.22. The third kappa shape index (κ3) is 3.64. The number of benzene rings is 2. The number of aromatic hydroxyl groups is 1. The van der Waals surface area contributed by atoms with Gasteiger partial charge in [0.15, 0.2) is 0 Å². The van der Waals surface area contributed by atoms with Crippen LogP contribution in [0.3, 0.4) is 0 Å². The number of phenols is 1. The van der Waals surface area contributed by atoms with Gasteiger partial charge in [-0.3, -0.25) is 9.89 Å². The molecule has 2 N–H and O–H groups in total. The second-order valence-corrected chi connectivity index (χ2v) is 8.30. The molecule has 0 saturated carbocycles. The van der Waals surface area contributed by atoms with Gasteiger partial charge in [-0.2, -0.15) is 5.10 Å². The van der Waals surface area contributed by atoms with E-state index in [-0.39, 0.29) is 18.2 Å². The second-order valence-electron chi connectivity index (χ2n) is 7.90. The number of hydrogen-bond donors (Lipinski definition) is 2. The molecule has 2 aromatic carbocycles. The van der Waals surface area contributed by atoms with Crippen LogP contribution >= 0.6 is 11.6 Å². The van der Waals surface area contributed by atoms with Crippen molar-refractivity contribution in [2.75, 3.05) is 6.61 Å². The number of furan rings is 1. The van der Waals surface area contributed by atoms with Crippen LogP contribution in [-0.2, 0) is 6.54 Å². The number of nitrogens with one attached hydrogen (secondary N) is 1. The van der Waals surface area contributed by atoms with E-state index in [0.29, 0.717) is 39.9 Å². The van der Waals surface area contributed by atoms with Crippen molar-refractivity contribution in [2.24, 2.45) is 0 Å². The SMILES string of the molecule is CCOc1ccc(C2c3c(-c4cc(Cl)c(C)cc4O)n[nH]c3C(=O)N2Cc2ccco2)cc1. The van der Waals surface area contributed by atoms with E-state index in [9.17, 15) is 9.90 Å². The van der Waals surface area contributed by atoms with Crippen LogP contribution in [0.2, 0.25) is 5.02 Å². The van der Waals surface area contributed by atoms with Crippen molar-refractivity contribution in [1.29, 1.82) is 0 Å². The number of H-pyrrole nitrogens is 1. The van der Waals surface area contributed by atoms with E-state index in [4.69, 9.17) is 20.8 Å². The van der Waals surface area contributed by atoms with Gasteiger partial charge in [0.05, 0.1) is 25.5 Å². The number of carbonyl (C=O) groups excluding carboxylic acids is 1. The van der Waals surface area contributed by atoms with Crippen molar-refractivity contribution in [3.05, 3.63) is 88.0 Å². The molecule has 0 radical (unpaired) electrons. The highest BCUT2D eigenvalue weighted by molar-refractivity contribution is 6.31. The lowest BCUT2D eigenvalue weighted by Crippen LogP contribution is -2.28. The first-order valence-corrected chi connectivity index (χ1v) is 11.0.